The summed E-state index contributed by atoms with van der Waals surface area (Å²) in [6.07, 6.45) is 2.72. The number of amides is 7. The maximum Gasteiger partial charge on any atom is 0.254 e. The van der Waals surface area contributed by atoms with E-state index in [1.165, 1.54) is 67.4 Å². The molecule has 0 bridgehead atoms. The Hall–Kier alpha value is -7.04. The predicted molar refractivity (Wildman–Crippen MR) is 420 cm³/mol. The molecule has 3 saturated heterocycles. The van der Waals surface area contributed by atoms with Gasteiger partial charge in [0.2, 0.25) is 55.5 Å². The summed E-state index contributed by atoms with van der Waals surface area (Å²) >= 11 is 37.3. The Morgan fingerprint density at radius 1 is 0.505 bits per heavy atom. The molecule has 6 aliphatic heterocycles. The molecule has 6 aromatic rings. The first-order valence-electron chi connectivity index (χ1n) is 35.1. The van der Waals surface area contributed by atoms with Crippen molar-refractivity contribution in [1.82, 2.24) is 29.0 Å². The zero-order chi connectivity index (χ0) is 81.0. The van der Waals surface area contributed by atoms with Gasteiger partial charge in [0, 0.05) is 90.0 Å². The molecule has 12 atom stereocenters. The number of anilines is 3. The highest BCUT2D eigenvalue weighted by molar-refractivity contribution is 7.89. The average molecular weight is 1660 g/mol. The van der Waals surface area contributed by atoms with Crippen LogP contribution in [0.5, 0.6) is 0 Å². The molecule has 20 nitrogen and oxygen atoms in total. The molecule has 12 rings (SSSR count). The van der Waals surface area contributed by atoms with Crippen molar-refractivity contribution in [2.24, 2.45) is 16.2 Å². The number of benzene rings is 6. The first-order chi connectivity index (χ1) is 50.5. The van der Waals surface area contributed by atoms with Crippen LogP contribution >= 0.6 is 69.6 Å². The number of likely N-dealkylation sites (tertiary alicyclic amines) is 2. The number of likely N-dealkylation sites (N-methyl/N-ethyl adjacent to an activating group) is 4. The van der Waals surface area contributed by atoms with Crippen LogP contribution in [0.25, 0.3) is 0 Å². The number of sulfonamides is 2. The van der Waals surface area contributed by atoms with Crippen molar-refractivity contribution < 1.29 is 63.6 Å². The van der Waals surface area contributed by atoms with Crippen LogP contribution in [0.2, 0.25) is 30.1 Å². The van der Waals surface area contributed by atoms with E-state index in [1.807, 2.05) is 54.5 Å². The van der Waals surface area contributed by atoms with E-state index in [4.69, 9.17) is 69.6 Å². The normalized spacial score (nSPS) is 25.8. The second-order valence-corrected chi connectivity index (χ2v) is 38.7. The lowest BCUT2D eigenvalue weighted by Crippen LogP contribution is -2.53. The van der Waals surface area contributed by atoms with Crippen molar-refractivity contribution in [2.45, 2.75) is 166 Å². The Morgan fingerprint density at radius 3 is 1.16 bits per heavy atom. The average Bonchev–Trinajstić information content (AvgIpc) is 1.53. The van der Waals surface area contributed by atoms with E-state index in [0.717, 1.165) is 29.4 Å². The van der Waals surface area contributed by atoms with Gasteiger partial charge in [-0.1, -0.05) is 193 Å². The molecule has 0 aliphatic carbocycles. The molecule has 6 heterocycles. The Bertz CT molecular complexity index is 4970. The van der Waals surface area contributed by atoms with E-state index in [2.05, 4.69) is 52.3 Å². The number of carbonyl (C=O) groups is 7. The van der Waals surface area contributed by atoms with E-state index in [9.17, 15) is 50.4 Å². The van der Waals surface area contributed by atoms with Crippen LogP contribution in [-0.4, -0.2) is 153 Å². The highest BCUT2D eigenvalue weighted by Gasteiger charge is 2.74. The number of halogens is 9. The summed E-state index contributed by atoms with van der Waals surface area (Å²) in [5.74, 6) is -9.24. The molecular weight excluding hydrogens is 1570 g/mol. The molecule has 31 heteroatoms. The minimum atomic E-state index is -4.33. The highest BCUT2D eigenvalue weighted by atomic mass is 35.5. The molecule has 7 amide bonds. The minimum Gasteiger partial charge on any atom is -0.358 e. The molecular formula is C78H88Cl6F3N9O11S2. The molecule has 5 N–H and O–H groups in total. The number of carbonyl (C=O) groups excluding carboxylic acids is 7. The van der Waals surface area contributed by atoms with Crippen LogP contribution in [0.1, 0.15) is 147 Å². The third-order valence-electron chi connectivity index (χ3n) is 21.7. The summed E-state index contributed by atoms with van der Waals surface area (Å²) in [4.78, 5) is 100. The monoisotopic (exact) mass is 1660 g/mol. The van der Waals surface area contributed by atoms with Crippen LogP contribution in [0.15, 0.2) is 109 Å². The maximum atomic E-state index is 15.9. The smallest absolute Gasteiger partial charge is 0.254 e. The maximum absolute atomic E-state index is 15.9. The molecule has 0 unspecified atom stereocenters. The van der Waals surface area contributed by atoms with Gasteiger partial charge in [0.15, 0.2) is 0 Å². The van der Waals surface area contributed by atoms with Crippen molar-refractivity contribution in [3.63, 3.8) is 0 Å². The van der Waals surface area contributed by atoms with Crippen molar-refractivity contribution in [2.75, 3.05) is 56.1 Å². The Labute approximate surface area is 664 Å². The van der Waals surface area contributed by atoms with E-state index in [1.54, 1.807) is 61.6 Å². The number of nitrogens with one attached hydrogen (secondary N) is 5. The molecule has 0 aromatic heterocycles. The topological polar surface area (TPSA) is 261 Å². The van der Waals surface area contributed by atoms with Crippen LogP contribution in [0, 0.1) is 33.7 Å². The molecule has 0 saturated carbocycles. The van der Waals surface area contributed by atoms with Gasteiger partial charge < -0.3 is 31.5 Å². The van der Waals surface area contributed by atoms with Crippen LogP contribution in [-0.2, 0) is 69.9 Å². The van der Waals surface area contributed by atoms with Gasteiger partial charge in [-0.3, -0.25) is 38.5 Å². The number of hydrogen-bond acceptors (Lipinski definition) is 12. The van der Waals surface area contributed by atoms with E-state index in [-0.39, 0.29) is 83.5 Å². The van der Waals surface area contributed by atoms with E-state index >= 15 is 13.2 Å². The van der Waals surface area contributed by atoms with Crippen LogP contribution in [0.4, 0.5) is 30.2 Å². The third-order valence-corrected chi connectivity index (χ3v) is 25.7. The Morgan fingerprint density at radius 2 is 0.826 bits per heavy atom. The number of fused-ring (bicyclic) bond motifs is 6. The largest absolute Gasteiger partial charge is 0.358 e. The lowest BCUT2D eigenvalue weighted by molar-refractivity contribution is -0.139. The quantitative estimate of drug-likeness (QED) is 0.0766. The van der Waals surface area contributed by atoms with Crippen molar-refractivity contribution in [1.29, 1.82) is 0 Å². The zero-order valence-corrected chi connectivity index (χ0v) is 69.1. The second-order valence-electron chi connectivity index (χ2n) is 32.2. The highest BCUT2D eigenvalue weighted by Crippen LogP contribution is 2.65. The summed E-state index contributed by atoms with van der Waals surface area (Å²) < 4.78 is 101. The van der Waals surface area contributed by atoms with Gasteiger partial charge in [0.1, 0.15) is 45.8 Å². The fourth-order valence-corrected chi connectivity index (χ4v) is 20.7. The predicted octanol–water partition coefficient (Wildman–Crippen LogP) is 14.2. The standard InChI is InChI=1S/C26H30Cl2FN3O6S2.C26H28Cl2FN3O3.C26H30Cl2FN3O2/c1-25(2,3)13-19-26(16-11-10-14(27)12-18(16)30-24(26)34)20(15-8-7-9-17(28)21(15)29)22(32(19)40(6,37)38)23(33)31(4)39(5,35)36;1-13(33)32-19(12-25(2,3)4)26(16-10-9-14(27)11-18(16)31-24(26)35)20(22(32)23(34)30-5)15-7-6-8-17(28)21(15)29;1-6-32-19(13-25(2,3)4)26(16-11-10-14(27)12-18(16)31-24(26)34)20(22(32)23(33)30-5)15-8-7-9-17(28)21(15)29/h7-12,19-20,22H,13H2,1-6H3,(H,30,34);6-11,19-20,22H,12H2,1-5H3,(H,30,34)(H,31,35);7-12,19-20,22H,6,13H2,1-5H3,(H,30,33)(H,31,34)/t3*19-,20-,22+,26+/m000/s1. The van der Waals surface area contributed by atoms with Crippen molar-refractivity contribution in [3.05, 3.63) is 190 Å². The van der Waals surface area contributed by atoms with Gasteiger partial charge in [-0.2, -0.15) is 4.31 Å². The molecule has 586 valence electrons. The van der Waals surface area contributed by atoms with Crippen molar-refractivity contribution >= 4 is 148 Å². The SMILES string of the molecule is CCN1[C@@H](CC(C)(C)C)[C@@]2(C(=O)Nc3cc(Cl)ccc32)[C@@H](c2cccc(Cl)c2F)[C@@H]1C(=O)NC.CN(C(=O)[C@H]1[C@H](c2cccc(Cl)c2F)[C@]2(C(=O)Nc3cc(Cl)ccc32)[C@H](CC(C)(C)C)N1S(C)(=O)=O)S(C)(=O)=O.CNC(=O)[C@H]1[C@H](c2cccc(Cl)c2F)[C@]2(C(=O)Nc3cc(Cl)ccc32)[C@H](CC(C)(C)C)N1C(C)=O. The summed E-state index contributed by atoms with van der Waals surface area (Å²) in [6.45, 7) is 21.7. The van der Waals surface area contributed by atoms with Gasteiger partial charge in [0.05, 0.1) is 39.7 Å². The first kappa shape index (κ1) is 84.4. The van der Waals surface area contributed by atoms with Gasteiger partial charge in [-0.05, 0) is 130 Å². The van der Waals surface area contributed by atoms with Crippen molar-refractivity contribution in [3.8, 4) is 0 Å². The zero-order valence-electron chi connectivity index (χ0n) is 62.9. The Balaban J connectivity index is 0.000000175. The van der Waals surface area contributed by atoms with Gasteiger partial charge in [0.25, 0.3) is 5.91 Å². The van der Waals surface area contributed by atoms with Crippen LogP contribution in [0.3, 0.4) is 0 Å². The van der Waals surface area contributed by atoms with Crippen LogP contribution < -0.4 is 26.6 Å². The third kappa shape index (κ3) is 14.7. The van der Waals surface area contributed by atoms with E-state index in [0.29, 0.717) is 56.2 Å². The van der Waals surface area contributed by atoms with Gasteiger partial charge in [-0.25, -0.2) is 34.3 Å². The Kier molecular flexibility index (Phi) is 23.6. The number of nitrogens with zero attached hydrogens (tertiary/aromatic N) is 4. The molecule has 6 aromatic carbocycles. The van der Waals surface area contributed by atoms with Gasteiger partial charge >= 0.3 is 0 Å². The minimum absolute atomic E-state index is 0.0413. The van der Waals surface area contributed by atoms with E-state index < -0.39 is 131 Å². The number of hydrogen-bond donors (Lipinski definition) is 5. The second kappa shape index (κ2) is 30.5. The molecule has 3 spiro atoms. The molecule has 0 radical (unpaired) electrons. The molecule has 109 heavy (non-hydrogen) atoms. The lowest BCUT2D eigenvalue weighted by Gasteiger charge is -2.39. The molecule has 6 aliphatic rings. The fraction of sp³-hybridized carbons (Fsp3) is 0.449. The summed E-state index contributed by atoms with van der Waals surface area (Å²) in [7, 11) is -4.49. The summed E-state index contributed by atoms with van der Waals surface area (Å²) in [5.41, 5.74) is -2.52. The fourth-order valence-electron chi connectivity index (χ4n) is 17.8. The first-order valence-corrected chi connectivity index (χ1v) is 41.1. The molecule has 3 fully saturated rings. The number of rotatable bonds is 12. The summed E-state index contributed by atoms with van der Waals surface area (Å²) in [5, 5.41) is 14.8. The van der Waals surface area contributed by atoms with Gasteiger partial charge in [-0.15, -0.1) is 0 Å². The summed E-state index contributed by atoms with van der Waals surface area (Å²) in [6, 6.07) is 22.1. The lowest BCUT2D eigenvalue weighted by atomic mass is 9.62.